The van der Waals surface area contributed by atoms with E-state index in [0.29, 0.717) is 16.7 Å². The second-order valence-electron chi connectivity index (χ2n) is 9.95. The number of hydrogen-bond acceptors (Lipinski definition) is 4. The number of carbonyl (C=O) groups is 1. The normalized spacial score (nSPS) is 20.9. The van der Waals surface area contributed by atoms with Gasteiger partial charge in [0.25, 0.3) is 0 Å². The van der Waals surface area contributed by atoms with E-state index < -0.39 is 0 Å². The van der Waals surface area contributed by atoms with Crippen molar-refractivity contribution in [3.8, 4) is 6.07 Å². The molecule has 5 heteroatoms. The molecule has 2 aromatic rings. The Morgan fingerprint density at radius 1 is 1.17 bits per heavy atom. The number of halogens is 1. The van der Waals surface area contributed by atoms with Crippen molar-refractivity contribution in [2.75, 3.05) is 27.2 Å². The number of carbonyl (C=O) groups excluding carboxylic acids is 1. The molecule has 3 atom stereocenters. The van der Waals surface area contributed by atoms with Crippen molar-refractivity contribution < 1.29 is 9.53 Å². The third kappa shape index (κ3) is 12.7. The van der Waals surface area contributed by atoms with Crippen molar-refractivity contribution in [2.24, 2.45) is 11.8 Å². The zero-order chi connectivity index (χ0) is 26.9. The van der Waals surface area contributed by atoms with E-state index in [1.54, 1.807) is 19.2 Å². The maximum absolute atomic E-state index is 10.4. The number of aldehydes is 1. The van der Waals surface area contributed by atoms with Crippen LogP contribution in [0.4, 0.5) is 0 Å². The lowest BCUT2D eigenvalue weighted by molar-refractivity contribution is -0.113. The van der Waals surface area contributed by atoms with Crippen molar-refractivity contribution in [2.45, 2.75) is 72.3 Å². The van der Waals surface area contributed by atoms with Gasteiger partial charge in [0.05, 0.1) is 16.7 Å². The summed E-state index contributed by atoms with van der Waals surface area (Å²) in [6.45, 7) is 11.2. The van der Waals surface area contributed by atoms with E-state index in [2.05, 4.69) is 57.0 Å². The van der Waals surface area contributed by atoms with Gasteiger partial charge in [0.15, 0.2) is 0 Å². The Morgan fingerprint density at radius 3 is 2.33 bits per heavy atom. The Bertz CT molecular complexity index is 932. The number of nitrogens with zero attached hydrogens (tertiary/aromatic N) is 2. The summed E-state index contributed by atoms with van der Waals surface area (Å²) in [5.41, 5.74) is 4.47. The minimum atomic E-state index is 0.263. The molecule has 36 heavy (non-hydrogen) atoms. The van der Waals surface area contributed by atoms with Crippen LogP contribution in [-0.4, -0.2) is 44.5 Å². The third-order valence-corrected chi connectivity index (χ3v) is 7.02. The highest BCUT2D eigenvalue weighted by Crippen LogP contribution is 2.24. The first-order valence-electron chi connectivity index (χ1n) is 13.1. The predicted octanol–water partition coefficient (Wildman–Crippen LogP) is 7.43. The molecule has 0 spiro atoms. The summed E-state index contributed by atoms with van der Waals surface area (Å²) >= 11 is 5.71. The summed E-state index contributed by atoms with van der Waals surface area (Å²) in [5, 5.41) is 9.00. The van der Waals surface area contributed by atoms with E-state index in [1.807, 2.05) is 19.1 Å². The second-order valence-corrected chi connectivity index (χ2v) is 10.4. The molecule has 3 unspecified atom stereocenters. The first kappa shape index (κ1) is 31.8. The molecule has 0 amide bonds. The van der Waals surface area contributed by atoms with Crippen LogP contribution in [0.5, 0.6) is 0 Å². The molecule has 1 saturated heterocycles. The van der Waals surface area contributed by atoms with Crippen LogP contribution < -0.4 is 0 Å². The number of aryl methyl sites for hydroxylation is 3. The van der Waals surface area contributed by atoms with E-state index >= 15 is 0 Å². The minimum Gasteiger partial charge on any atom is -0.381 e. The van der Waals surface area contributed by atoms with E-state index in [-0.39, 0.29) is 5.92 Å². The molecule has 0 bridgehead atoms. The maximum Gasteiger partial charge on any atom is 0.123 e. The van der Waals surface area contributed by atoms with E-state index in [1.165, 1.54) is 30.6 Å². The highest BCUT2D eigenvalue weighted by atomic mass is 35.5. The van der Waals surface area contributed by atoms with Crippen LogP contribution in [0.25, 0.3) is 0 Å². The van der Waals surface area contributed by atoms with Gasteiger partial charge in [-0.05, 0) is 94.3 Å². The lowest BCUT2D eigenvalue weighted by Gasteiger charge is -2.24. The highest BCUT2D eigenvalue weighted by molar-refractivity contribution is 6.31. The molecule has 0 radical (unpaired) electrons. The van der Waals surface area contributed by atoms with Gasteiger partial charge in [-0.3, -0.25) is 0 Å². The number of nitriles is 1. The maximum atomic E-state index is 10.4. The molecule has 2 aliphatic rings. The fourth-order valence-electron chi connectivity index (χ4n) is 4.39. The average molecular weight is 513 g/mol. The summed E-state index contributed by atoms with van der Waals surface area (Å²) in [7, 11) is 3.90. The molecule has 198 valence electrons. The molecule has 1 aliphatic carbocycles. The number of methoxy groups -OCH3 is 1. The smallest absolute Gasteiger partial charge is 0.123 e. The molecule has 1 saturated carbocycles. The molecule has 4 nitrogen and oxygen atoms in total. The van der Waals surface area contributed by atoms with Crippen LogP contribution in [-0.2, 0) is 16.0 Å². The summed E-state index contributed by atoms with van der Waals surface area (Å²) in [4.78, 5) is 12.7. The van der Waals surface area contributed by atoms with Crippen molar-refractivity contribution in [1.29, 1.82) is 5.26 Å². The van der Waals surface area contributed by atoms with Gasteiger partial charge < -0.3 is 14.4 Å². The number of rotatable bonds is 3. The molecule has 2 aromatic carbocycles. The van der Waals surface area contributed by atoms with E-state index in [9.17, 15) is 4.79 Å². The second kappa shape index (κ2) is 18.1. The molecule has 0 N–H and O–H groups in total. The fourth-order valence-corrected chi connectivity index (χ4v) is 4.67. The third-order valence-electron chi connectivity index (χ3n) is 6.71. The van der Waals surface area contributed by atoms with Gasteiger partial charge in [-0.25, -0.2) is 0 Å². The number of likely N-dealkylation sites (tertiary alicyclic amines) is 1. The van der Waals surface area contributed by atoms with Crippen LogP contribution in [0.2, 0.25) is 5.02 Å². The topological polar surface area (TPSA) is 53.3 Å². The van der Waals surface area contributed by atoms with Crippen LogP contribution in [0, 0.1) is 37.0 Å². The molecule has 1 aliphatic heterocycles. The summed E-state index contributed by atoms with van der Waals surface area (Å²) in [5.74, 6) is 1.21. The van der Waals surface area contributed by atoms with Crippen LogP contribution in [0.1, 0.15) is 68.2 Å². The van der Waals surface area contributed by atoms with Crippen LogP contribution in [0.15, 0.2) is 42.5 Å². The number of hydrogen-bond donors (Lipinski definition) is 0. The van der Waals surface area contributed by atoms with E-state index in [0.717, 1.165) is 49.9 Å². The van der Waals surface area contributed by atoms with Crippen molar-refractivity contribution in [3.05, 3.63) is 69.7 Å². The quantitative estimate of drug-likeness (QED) is 0.401. The monoisotopic (exact) mass is 512 g/mol. The first-order valence-corrected chi connectivity index (χ1v) is 13.5. The Hall–Kier alpha value is -2.19. The standard InChI is InChI=1S/C9H12.C8H6ClN.C8H14O2.C6H13N/c1-3-9-7-5-4-6-8(9)2;1-6-2-3-7(5-10)8(9)4-6;1-10-8-4-2-3-7(5-8)6-9;1-6-3-4-7(2)5-6/h4-7H,3H2,1-2H3;2-4H,1H3;6-8H,2-5H2,1H3;6H,3-5H2,1-2H3. The Labute approximate surface area is 224 Å². The van der Waals surface area contributed by atoms with Gasteiger partial charge in [-0.15, -0.1) is 0 Å². The minimum absolute atomic E-state index is 0.263. The van der Waals surface area contributed by atoms with Crippen molar-refractivity contribution in [1.82, 2.24) is 4.90 Å². The first-order chi connectivity index (χ1) is 17.2. The van der Waals surface area contributed by atoms with Crippen LogP contribution in [0.3, 0.4) is 0 Å². The van der Waals surface area contributed by atoms with Crippen molar-refractivity contribution in [3.63, 3.8) is 0 Å². The van der Waals surface area contributed by atoms with Gasteiger partial charge in [0.1, 0.15) is 12.4 Å². The zero-order valence-corrected chi connectivity index (χ0v) is 23.9. The fraction of sp³-hybridized carbons (Fsp3) is 0.548. The van der Waals surface area contributed by atoms with Gasteiger partial charge in [-0.1, -0.05) is 62.2 Å². The lowest BCUT2D eigenvalue weighted by atomic mass is 9.88. The Kier molecular flexibility index (Phi) is 16.0. The molecule has 0 aromatic heterocycles. The van der Waals surface area contributed by atoms with E-state index in [4.69, 9.17) is 21.6 Å². The molecular formula is C31H45ClN2O2. The summed E-state index contributed by atoms with van der Waals surface area (Å²) in [6, 6.07) is 15.8. The Balaban J connectivity index is 0.000000242. The number of ether oxygens (including phenoxy) is 1. The summed E-state index contributed by atoms with van der Waals surface area (Å²) in [6.07, 6.45) is 8.20. The molecule has 2 fully saturated rings. The van der Waals surface area contributed by atoms with Gasteiger partial charge in [0.2, 0.25) is 0 Å². The summed E-state index contributed by atoms with van der Waals surface area (Å²) < 4.78 is 5.16. The SMILES string of the molecule is CC1CCN(C)C1.CCc1ccccc1C.COC1CCCC(C=O)C1.Cc1ccc(C#N)c(Cl)c1. The predicted molar refractivity (Wildman–Crippen MR) is 152 cm³/mol. The largest absolute Gasteiger partial charge is 0.381 e. The molecule has 1 heterocycles. The molecular weight excluding hydrogens is 468 g/mol. The Morgan fingerprint density at radius 2 is 1.89 bits per heavy atom. The highest BCUT2D eigenvalue weighted by Gasteiger charge is 2.20. The van der Waals surface area contributed by atoms with Gasteiger partial charge in [-0.2, -0.15) is 5.26 Å². The number of benzene rings is 2. The molecule has 4 rings (SSSR count). The van der Waals surface area contributed by atoms with Gasteiger partial charge in [0, 0.05) is 19.6 Å². The zero-order valence-electron chi connectivity index (χ0n) is 23.1. The average Bonchev–Trinajstić information content (AvgIpc) is 3.27. The van der Waals surface area contributed by atoms with Gasteiger partial charge >= 0.3 is 0 Å². The van der Waals surface area contributed by atoms with Crippen molar-refractivity contribution >= 4 is 17.9 Å². The lowest BCUT2D eigenvalue weighted by Crippen LogP contribution is -2.22. The van der Waals surface area contributed by atoms with Crippen LogP contribution >= 0.6 is 11.6 Å².